The van der Waals surface area contributed by atoms with Crippen molar-refractivity contribution in [3.05, 3.63) is 23.9 Å². The third kappa shape index (κ3) is 3.20. The maximum absolute atomic E-state index is 12.9. The molecule has 0 unspecified atom stereocenters. The number of pyridine rings is 1. The van der Waals surface area contributed by atoms with E-state index in [1.807, 2.05) is 0 Å². The second-order valence-electron chi connectivity index (χ2n) is 4.85. The van der Waals surface area contributed by atoms with Gasteiger partial charge in [0.25, 0.3) is 0 Å². The lowest BCUT2D eigenvalue weighted by molar-refractivity contribution is -0.137. The lowest BCUT2D eigenvalue weighted by Gasteiger charge is -2.21. The van der Waals surface area contributed by atoms with Crippen molar-refractivity contribution >= 4 is 11.7 Å². The molecule has 1 atom stereocenters. The zero-order chi connectivity index (χ0) is 14.8. The maximum Gasteiger partial charge on any atom is 0.419 e. The van der Waals surface area contributed by atoms with Crippen molar-refractivity contribution in [2.75, 3.05) is 25.0 Å². The van der Waals surface area contributed by atoms with Gasteiger partial charge in [0.15, 0.2) is 0 Å². The van der Waals surface area contributed by atoms with Crippen molar-refractivity contribution in [1.82, 2.24) is 10.3 Å². The van der Waals surface area contributed by atoms with Crippen LogP contribution in [0.25, 0.3) is 0 Å². The van der Waals surface area contributed by atoms with E-state index in [9.17, 15) is 18.0 Å². The van der Waals surface area contributed by atoms with Crippen LogP contribution in [0.4, 0.5) is 19.0 Å². The molecule has 1 aromatic heterocycles. The number of aromatic nitrogens is 1. The van der Waals surface area contributed by atoms with Gasteiger partial charge < -0.3 is 10.2 Å². The maximum atomic E-state index is 12.9. The minimum absolute atomic E-state index is 0.0422. The van der Waals surface area contributed by atoms with Crippen LogP contribution in [0.3, 0.4) is 0 Å². The zero-order valence-corrected chi connectivity index (χ0v) is 11.1. The fraction of sp³-hybridized carbons (Fsp3) is 0.538. The van der Waals surface area contributed by atoms with Crippen LogP contribution in [0.2, 0.25) is 0 Å². The first kappa shape index (κ1) is 14.6. The van der Waals surface area contributed by atoms with E-state index in [0.29, 0.717) is 25.9 Å². The van der Waals surface area contributed by atoms with Gasteiger partial charge in [-0.3, -0.25) is 4.79 Å². The highest BCUT2D eigenvalue weighted by Gasteiger charge is 2.37. The summed E-state index contributed by atoms with van der Waals surface area (Å²) in [7, 11) is 1.55. The van der Waals surface area contributed by atoms with E-state index in [2.05, 4.69) is 10.3 Å². The molecule has 0 bridgehead atoms. The molecule has 1 aliphatic heterocycles. The highest BCUT2D eigenvalue weighted by Crippen LogP contribution is 2.37. The smallest absolute Gasteiger partial charge is 0.359 e. The SMILES string of the molecule is CNC(=O)C[C@@H]1CCN(c2ncccc2C(F)(F)F)C1. The van der Waals surface area contributed by atoms with E-state index >= 15 is 0 Å². The Bertz CT molecular complexity index is 490. The van der Waals surface area contributed by atoms with E-state index in [4.69, 9.17) is 0 Å². The van der Waals surface area contributed by atoms with Crippen LogP contribution in [0, 0.1) is 5.92 Å². The van der Waals surface area contributed by atoms with Crippen LogP contribution in [-0.2, 0) is 11.0 Å². The molecule has 2 rings (SSSR count). The van der Waals surface area contributed by atoms with Gasteiger partial charge in [-0.05, 0) is 24.5 Å². The molecular weight excluding hydrogens is 271 g/mol. The second-order valence-corrected chi connectivity index (χ2v) is 4.85. The Hall–Kier alpha value is -1.79. The predicted molar refractivity (Wildman–Crippen MR) is 68.2 cm³/mol. The summed E-state index contributed by atoms with van der Waals surface area (Å²) in [5.74, 6) is -0.0636. The van der Waals surface area contributed by atoms with E-state index in [1.54, 1.807) is 11.9 Å². The van der Waals surface area contributed by atoms with E-state index in [-0.39, 0.29) is 17.6 Å². The highest BCUT2D eigenvalue weighted by molar-refractivity contribution is 5.76. The van der Waals surface area contributed by atoms with Crippen molar-refractivity contribution in [2.45, 2.75) is 19.0 Å². The number of amides is 1. The van der Waals surface area contributed by atoms with E-state index in [1.165, 1.54) is 12.3 Å². The van der Waals surface area contributed by atoms with Crippen molar-refractivity contribution < 1.29 is 18.0 Å². The lowest BCUT2D eigenvalue weighted by atomic mass is 10.0. The molecule has 110 valence electrons. The molecule has 0 aromatic carbocycles. The standard InChI is InChI=1S/C13H16F3N3O/c1-17-11(20)7-9-4-6-19(8-9)12-10(13(14,15)16)3-2-5-18-12/h2-3,5,9H,4,6-8H2,1H3,(H,17,20)/t9-/m0/s1. The van der Waals surface area contributed by atoms with Gasteiger partial charge in [-0.1, -0.05) is 0 Å². The topological polar surface area (TPSA) is 45.2 Å². The average Bonchev–Trinajstić information content (AvgIpc) is 2.86. The summed E-state index contributed by atoms with van der Waals surface area (Å²) in [6, 6.07) is 2.32. The minimum atomic E-state index is -4.41. The summed E-state index contributed by atoms with van der Waals surface area (Å²) in [5.41, 5.74) is -0.722. The molecule has 4 nitrogen and oxygen atoms in total. The molecular formula is C13H16F3N3O. The molecule has 2 heterocycles. The second kappa shape index (κ2) is 5.68. The van der Waals surface area contributed by atoms with Gasteiger partial charge >= 0.3 is 6.18 Å². The Morgan fingerprint density at radius 3 is 2.95 bits per heavy atom. The Morgan fingerprint density at radius 2 is 2.30 bits per heavy atom. The van der Waals surface area contributed by atoms with E-state index < -0.39 is 11.7 Å². The highest BCUT2D eigenvalue weighted by atomic mass is 19.4. The van der Waals surface area contributed by atoms with Crippen molar-refractivity contribution in [3.63, 3.8) is 0 Å². The molecule has 1 N–H and O–H groups in total. The van der Waals surface area contributed by atoms with Crippen LogP contribution < -0.4 is 10.2 Å². The molecule has 1 amide bonds. The lowest BCUT2D eigenvalue weighted by Crippen LogP contribution is -2.26. The number of carbonyl (C=O) groups is 1. The van der Waals surface area contributed by atoms with Crippen LogP contribution in [-0.4, -0.2) is 31.0 Å². The van der Waals surface area contributed by atoms with Crippen molar-refractivity contribution in [3.8, 4) is 0 Å². The first-order valence-electron chi connectivity index (χ1n) is 6.39. The molecule has 1 aliphatic rings. The molecule has 1 saturated heterocycles. The summed E-state index contributed by atoms with van der Waals surface area (Å²) in [5, 5.41) is 2.53. The average molecular weight is 287 g/mol. The molecule has 0 spiro atoms. The molecule has 0 radical (unpaired) electrons. The quantitative estimate of drug-likeness (QED) is 0.925. The fourth-order valence-corrected chi connectivity index (χ4v) is 2.43. The third-order valence-corrected chi connectivity index (χ3v) is 3.43. The Morgan fingerprint density at radius 1 is 1.55 bits per heavy atom. The van der Waals surface area contributed by atoms with Crippen LogP contribution in [0.15, 0.2) is 18.3 Å². The van der Waals surface area contributed by atoms with Gasteiger partial charge in [0.2, 0.25) is 5.91 Å². The molecule has 20 heavy (non-hydrogen) atoms. The molecule has 0 saturated carbocycles. The van der Waals surface area contributed by atoms with Crippen molar-refractivity contribution in [2.24, 2.45) is 5.92 Å². The summed E-state index contributed by atoms with van der Waals surface area (Å²) >= 11 is 0. The number of hydrogen-bond acceptors (Lipinski definition) is 3. The number of carbonyl (C=O) groups excluding carboxylic acids is 1. The summed E-state index contributed by atoms with van der Waals surface area (Å²) in [6.07, 6.45) is -2.03. The first-order chi connectivity index (χ1) is 9.41. The number of rotatable bonds is 3. The van der Waals surface area contributed by atoms with Crippen LogP contribution in [0.1, 0.15) is 18.4 Å². The number of hydrogen-bond donors (Lipinski definition) is 1. The number of alkyl halides is 3. The predicted octanol–water partition coefficient (Wildman–Crippen LogP) is 2.06. The van der Waals surface area contributed by atoms with Gasteiger partial charge in [-0.15, -0.1) is 0 Å². The van der Waals surface area contributed by atoms with Crippen LogP contribution >= 0.6 is 0 Å². The Kier molecular flexibility index (Phi) is 4.15. The largest absolute Gasteiger partial charge is 0.419 e. The van der Waals surface area contributed by atoms with Crippen LogP contribution in [0.5, 0.6) is 0 Å². The minimum Gasteiger partial charge on any atom is -0.359 e. The van der Waals surface area contributed by atoms with Crippen molar-refractivity contribution in [1.29, 1.82) is 0 Å². The van der Waals surface area contributed by atoms with Gasteiger partial charge in [0, 0.05) is 32.8 Å². The molecule has 7 heteroatoms. The summed E-state index contributed by atoms with van der Waals surface area (Å²) in [4.78, 5) is 16.8. The fourth-order valence-electron chi connectivity index (χ4n) is 2.43. The molecule has 1 aromatic rings. The zero-order valence-electron chi connectivity index (χ0n) is 11.1. The van der Waals surface area contributed by atoms with E-state index in [0.717, 1.165) is 6.07 Å². The Labute approximate surface area is 115 Å². The summed E-state index contributed by atoms with van der Waals surface area (Å²) in [6.45, 7) is 0.912. The normalized spacial score (nSPS) is 19.2. The summed E-state index contributed by atoms with van der Waals surface area (Å²) < 4.78 is 38.8. The first-order valence-corrected chi connectivity index (χ1v) is 6.39. The van der Waals surface area contributed by atoms with Gasteiger partial charge in [0.05, 0.1) is 5.56 Å². The number of nitrogens with one attached hydrogen (secondary N) is 1. The number of anilines is 1. The number of halogens is 3. The molecule has 1 fully saturated rings. The van der Waals surface area contributed by atoms with Gasteiger partial charge in [-0.2, -0.15) is 13.2 Å². The monoisotopic (exact) mass is 287 g/mol. The van der Waals surface area contributed by atoms with Gasteiger partial charge in [0.1, 0.15) is 5.82 Å². The number of nitrogens with zero attached hydrogens (tertiary/aromatic N) is 2. The Balaban J connectivity index is 2.13. The molecule has 0 aliphatic carbocycles. The van der Waals surface area contributed by atoms with Gasteiger partial charge in [-0.25, -0.2) is 4.98 Å². The third-order valence-electron chi connectivity index (χ3n) is 3.43.